The Balaban J connectivity index is 1.70. The molecule has 5 N–H and O–H groups in total. The van der Waals surface area contributed by atoms with Gasteiger partial charge in [0.15, 0.2) is 34.7 Å². The third-order valence-corrected chi connectivity index (χ3v) is 9.43. The first-order valence-corrected chi connectivity index (χ1v) is 14.0. The Morgan fingerprint density at radius 1 is 1.00 bits per heavy atom. The highest BCUT2D eigenvalue weighted by Gasteiger charge is 2.73. The van der Waals surface area contributed by atoms with Gasteiger partial charge in [-0.15, -0.1) is 0 Å². The summed E-state index contributed by atoms with van der Waals surface area (Å²) >= 11 is 0. The van der Waals surface area contributed by atoms with Crippen molar-refractivity contribution in [1.82, 2.24) is 4.90 Å². The zero-order valence-electron chi connectivity index (χ0n) is 24.2. The van der Waals surface area contributed by atoms with Crippen molar-refractivity contribution in [2.24, 2.45) is 29.4 Å². The highest BCUT2D eigenvalue weighted by Crippen LogP contribution is 2.55. The zero-order chi connectivity index (χ0) is 31.0. The van der Waals surface area contributed by atoms with Crippen LogP contribution in [0.2, 0.25) is 0 Å². The molecule has 0 heterocycles. The predicted molar refractivity (Wildman–Crippen MR) is 151 cm³/mol. The predicted octanol–water partition coefficient (Wildman–Crippen LogP) is 0.919. The Morgan fingerprint density at radius 3 is 2.17 bits per heavy atom. The molecule has 0 aromatic heterocycles. The fourth-order valence-corrected chi connectivity index (χ4v) is 7.41. The van der Waals surface area contributed by atoms with Crippen molar-refractivity contribution in [3.8, 4) is 5.75 Å². The van der Waals surface area contributed by atoms with Gasteiger partial charge in [-0.3, -0.25) is 28.9 Å². The highest BCUT2D eigenvalue weighted by molar-refractivity contribution is 6.32. The first-order valence-electron chi connectivity index (χ1n) is 14.0. The maximum absolute atomic E-state index is 14.2. The van der Waals surface area contributed by atoms with Gasteiger partial charge in [-0.2, -0.15) is 0 Å². The van der Waals surface area contributed by atoms with E-state index in [0.29, 0.717) is 5.56 Å². The number of Topliss-reactive ketones (excluding diaryl/α,β-unsaturated/α-hetero) is 4. The standard InChI is InChI=1S/C32H36N2O8/c1-31(2,3)15-11-9-14(10-12-15)13-17-16-7-6-8-18(35)19(16)25(36)21-20(17)26(37)23-24(34(4)5)27(38)22(30(33)41)29(40)32(23,42)28(21)39/h6-12,17,20-24,26,35,37,42H,13H2,1-5H3,(H2,33,41). The van der Waals surface area contributed by atoms with E-state index in [1.54, 1.807) is 12.1 Å². The van der Waals surface area contributed by atoms with Crippen molar-refractivity contribution in [2.75, 3.05) is 14.1 Å². The molecule has 42 heavy (non-hydrogen) atoms. The van der Waals surface area contributed by atoms with E-state index >= 15 is 0 Å². The summed E-state index contributed by atoms with van der Waals surface area (Å²) in [5, 5.41) is 34.6. The number of aliphatic hydroxyl groups excluding tert-OH is 1. The Kier molecular flexibility index (Phi) is 7.03. The van der Waals surface area contributed by atoms with Crippen LogP contribution in [0.3, 0.4) is 0 Å². The van der Waals surface area contributed by atoms with Crippen molar-refractivity contribution >= 4 is 29.0 Å². The second kappa shape index (κ2) is 9.93. The van der Waals surface area contributed by atoms with Crippen LogP contribution in [0.1, 0.15) is 53.7 Å². The number of carbonyl (C=O) groups is 5. The van der Waals surface area contributed by atoms with Crippen LogP contribution in [0, 0.1) is 23.7 Å². The normalized spacial score (nSPS) is 32.8. The van der Waals surface area contributed by atoms with E-state index in [9.17, 15) is 39.3 Å². The van der Waals surface area contributed by atoms with Gasteiger partial charge in [0, 0.05) is 5.92 Å². The topological polar surface area (TPSA) is 175 Å². The van der Waals surface area contributed by atoms with Crippen LogP contribution in [0.15, 0.2) is 42.5 Å². The molecule has 2 fully saturated rings. The molecule has 10 nitrogen and oxygen atoms in total. The molecule has 8 unspecified atom stereocenters. The van der Waals surface area contributed by atoms with Gasteiger partial charge in [-0.1, -0.05) is 57.2 Å². The number of carbonyl (C=O) groups excluding carboxylic acids is 5. The summed E-state index contributed by atoms with van der Waals surface area (Å²) < 4.78 is 0. The van der Waals surface area contributed by atoms with Crippen LogP contribution in [-0.2, 0) is 31.0 Å². The summed E-state index contributed by atoms with van der Waals surface area (Å²) in [6, 6.07) is 10.9. The first kappa shape index (κ1) is 29.8. The van der Waals surface area contributed by atoms with E-state index < -0.39 is 76.4 Å². The lowest BCUT2D eigenvalue weighted by Crippen LogP contribution is -2.77. The molecule has 0 saturated heterocycles. The van der Waals surface area contributed by atoms with E-state index in [1.165, 1.54) is 25.1 Å². The van der Waals surface area contributed by atoms with Crippen LogP contribution in [0.25, 0.3) is 0 Å². The van der Waals surface area contributed by atoms with Gasteiger partial charge in [0.1, 0.15) is 5.75 Å². The number of rotatable bonds is 4. The number of nitrogens with two attached hydrogens (primary N) is 1. The van der Waals surface area contributed by atoms with Crippen LogP contribution in [0.4, 0.5) is 0 Å². The third-order valence-electron chi connectivity index (χ3n) is 9.43. The van der Waals surface area contributed by atoms with Gasteiger partial charge in [0.05, 0.1) is 29.5 Å². The molecular formula is C32H36N2O8. The number of hydrogen-bond donors (Lipinski definition) is 4. The summed E-state index contributed by atoms with van der Waals surface area (Å²) in [7, 11) is 2.93. The number of phenols is 1. The van der Waals surface area contributed by atoms with Gasteiger partial charge in [-0.25, -0.2) is 0 Å². The summed E-state index contributed by atoms with van der Waals surface area (Å²) in [5.74, 6) is -13.4. The number of aromatic hydroxyl groups is 1. The first-order chi connectivity index (χ1) is 19.5. The summed E-state index contributed by atoms with van der Waals surface area (Å²) in [4.78, 5) is 68.7. The quantitative estimate of drug-likeness (QED) is 0.386. The minimum Gasteiger partial charge on any atom is -0.507 e. The van der Waals surface area contributed by atoms with Crippen molar-refractivity contribution in [2.45, 2.75) is 56.3 Å². The number of ketones is 4. The SMILES string of the molecule is CN(C)C1C(=O)C(C(N)=O)C(=O)C2(O)C(=O)C3C(=O)c4c(O)cccc4C(Cc4ccc(C(C)(C)C)cc4)C3C(O)C12. The number of primary amides is 1. The van der Waals surface area contributed by atoms with Gasteiger partial charge in [0.2, 0.25) is 5.91 Å². The fraction of sp³-hybridized carbons (Fsp3) is 0.469. The molecule has 5 rings (SSSR count). The summed E-state index contributed by atoms with van der Waals surface area (Å²) in [6.07, 6.45) is -1.44. The zero-order valence-corrected chi connectivity index (χ0v) is 24.2. The van der Waals surface area contributed by atoms with Crippen LogP contribution >= 0.6 is 0 Å². The summed E-state index contributed by atoms with van der Waals surface area (Å²) in [5.41, 5.74) is 4.48. The van der Waals surface area contributed by atoms with E-state index in [-0.39, 0.29) is 23.1 Å². The molecule has 2 aromatic rings. The van der Waals surface area contributed by atoms with Gasteiger partial charge < -0.3 is 21.1 Å². The fourth-order valence-electron chi connectivity index (χ4n) is 7.41. The van der Waals surface area contributed by atoms with Gasteiger partial charge in [0.25, 0.3) is 0 Å². The molecule has 10 heteroatoms. The lowest BCUT2D eigenvalue weighted by atomic mass is 9.49. The van der Waals surface area contributed by atoms with E-state index in [0.717, 1.165) is 11.1 Å². The molecule has 8 atom stereocenters. The van der Waals surface area contributed by atoms with E-state index in [2.05, 4.69) is 20.8 Å². The molecular weight excluding hydrogens is 540 g/mol. The molecule has 0 radical (unpaired) electrons. The second-order valence-electron chi connectivity index (χ2n) is 13.1. The monoisotopic (exact) mass is 576 g/mol. The van der Waals surface area contributed by atoms with E-state index in [4.69, 9.17) is 5.73 Å². The summed E-state index contributed by atoms with van der Waals surface area (Å²) in [6.45, 7) is 6.25. The number of hydrogen-bond acceptors (Lipinski definition) is 9. The lowest BCUT2D eigenvalue weighted by molar-refractivity contribution is -0.197. The molecule has 3 aliphatic rings. The highest BCUT2D eigenvalue weighted by atomic mass is 16.3. The van der Waals surface area contributed by atoms with E-state index in [1.807, 2.05) is 24.3 Å². The molecule has 3 aliphatic carbocycles. The Labute approximate surface area is 243 Å². The number of nitrogens with zero attached hydrogens (tertiary/aromatic N) is 1. The van der Waals surface area contributed by atoms with Crippen molar-refractivity contribution in [3.63, 3.8) is 0 Å². The van der Waals surface area contributed by atoms with Crippen molar-refractivity contribution in [1.29, 1.82) is 0 Å². The number of aliphatic hydroxyl groups is 2. The van der Waals surface area contributed by atoms with Crippen LogP contribution < -0.4 is 5.73 Å². The number of amides is 1. The molecule has 1 amide bonds. The Hall–Kier alpha value is -3.73. The molecule has 222 valence electrons. The Bertz CT molecular complexity index is 1510. The number of benzene rings is 2. The van der Waals surface area contributed by atoms with Crippen LogP contribution in [-0.4, -0.2) is 81.1 Å². The molecule has 0 aliphatic heterocycles. The minimum absolute atomic E-state index is 0.0975. The minimum atomic E-state index is -3.03. The maximum atomic E-state index is 14.2. The average Bonchev–Trinajstić information content (AvgIpc) is 2.89. The number of likely N-dealkylation sites (N-methyl/N-ethyl adjacent to an activating group) is 1. The Morgan fingerprint density at radius 2 is 1.62 bits per heavy atom. The maximum Gasteiger partial charge on any atom is 0.235 e. The number of fused-ring (bicyclic) bond motifs is 3. The molecule has 2 aromatic carbocycles. The lowest BCUT2D eigenvalue weighted by Gasteiger charge is -2.56. The van der Waals surface area contributed by atoms with Crippen LogP contribution in [0.5, 0.6) is 5.75 Å². The third kappa shape index (κ3) is 4.15. The largest absolute Gasteiger partial charge is 0.507 e. The smallest absolute Gasteiger partial charge is 0.235 e. The van der Waals surface area contributed by atoms with Gasteiger partial charge in [-0.05, 0) is 54.6 Å². The second-order valence-corrected chi connectivity index (χ2v) is 13.1. The van der Waals surface area contributed by atoms with Crippen molar-refractivity contribution in [3.05, 3.63) is 64.7 Å². The average molecular weight is 577 g/mol. The molecule has 2 saturated carbocycles. The van der Waals surface area contributed by atoms with Gasteiger partial charge >= 0.3 is 0 Å². The van der Waals surface area contributed by atoms with Crippen molar-refractivity contribution < 1.29 is 39.3 Å². The molecule has 0 spiro atoms. The molecule has 0 bridgehead atoms. The number of phenolic OH excluding ortho intramolecular Hbond substituents is 1.